The van der Waals surface area contributed by atoms with Gasteiger partial charge in [0.25, 0.3) is 0 Å². The minimum atomic E-state index is 0.684. The van der Waals surface area contributed by atoms with Crippen LogP contribution in [0.3, 0.4) is 0 Å². The highest BCUT2D eigenvalue weighted by Crippen LogP contribution is 2.36. The lowest BCUT2D eigenvalue weighted by molar-refractivity contribution is 0.318. The molecule has 1 heterocycles. The standard InChI is InChI=1S/C22H30N2/c1-3-17-5-7-19(8-6-17)11-14-22-23-15-21(16-24-22)20-12-9-18(4-2)10-13-20/h5-8,15-16,18,20H,3-4,9-14H2,1-2H3/t18-,20-. The van der Waals surface area contributed by atoms with E-state index in [9.17, 15) is 0 Å². The number of benzene rings is 1. The summed E-state index contributed by atoms with van der Waals surface area (Å²) in [5.74, 6) is 2.60. The number of aryl methyl sites for hydroxylation is 3. The molecule has 0 radical (unpaired) electrons. The maximum Gasteiger partial charge on any atom is 0.128 e. The topological polar surface area (TPSA) is 25.8 Å². The molecule has 0 atom stereocenters. The average Bonchev–Trinajstić information content (AvgIpc) is 2.67. The Bertz CT molecular complexity index is 607. The molecule has 0 spiro atoms. The zero-order chi connectivity index (χ0) is 16.8. The molecule has 1 aliphatic carbocycles. The first-order valence-electron chi connectivity index (χ1n) is 9.67. The third kappa shape index (κ3) is 4.43. The summed E-state index contributed by atoms with van der Waals surface area (Å²) in [6.07, 6.45) is 13.9. The molecule has 1 saturated carbocycles. The van der Waals surface area contributed by atoms with Gasteiger partial charge in [-0.2, -0.15) is 0 Å². The molecule has 0 aliphatic heterocycles. The first-order valence-corrected chi connectivity index (χ1v) is 9.67. The number of hydrogen-bond donors (Lipinski definition) is 0. The van der Waals surface area contributed by atoms with E-state index in [1.165, 1.54) is 48.8 Å². The van der Waals surface area contributed by atoms with E-state index in [4.69, 9.17) is 0 Å². The minimum absolute atomic E-state index is 0.684. The molecule has 0 bridgehead atoms. The summed E-state index contributed by atoms with van der Waals surface area (Å²) in [5, 5.41) is 0. The molecule has 0 saturated heterocycles. The van der Waals surface area contributed by atoms with Crippen LogP contribution in [-0.2, 0) is 19.3 Å². The molecule has 1 aromatic carbocycles. The lowest BCUT2D eigenvalue weighted by Crippen LogP contribution is -2.13. The van der Waals surface area contributed by atoms with Gasteiger partial charge in [-0.3, -0.25) is 0 Å². The van der Waals surface area contributed by atoms with E-state index in [-0.39, 0.29) is 0 Å². The van der Waals surface area contributed by atoms with Crippen molar-refractivity contribution in [1.29, 1.82) is 0 Å². The maximum absolute atomic E-state index is 4.63. The molecule has 0 amide bonds. The third-order valence-corrected chi connectivity index (χ3v) is 5.69. The normalized spacial score (nSPS) is 20.9. The van der Waals surface area contributed by atoms with Crippen LogP contribution in [0.2, 0.25) is 0 Å². The first kappa shape index (κ1) is 17.1. The van der Waals surface area contributed by atoms with E-state index in [1.54, 1.807) is 0 Å². The van der Waals surface area contributed by atoms with Crippen LogP contribution in [-0.4, -0.2) is 9.97 Å². The molecular weight excluding hydrogens is 292 g/mol. The summed E-state index contributed by atoms with van der Waals surface area (Å²) in [4.78, 5) is 9.26. The molecule has 128 valence electrons. The van der Waals surface area contributed by atoms with E-state index >= 15 is 0 Å². The van der Waals surface area contributed by atoms with Crippen LogP contribution in [0.4, 0.5) is 0 Å². The third-order valence-electron chi connectivity index (χ3n) is 5.69. The Balaban J connectivity index is 1.52. The molecule has 2 aromatic rings. The second-order valence-electron chi connectivity index (χ2n) is 7.23. The molecule has 1 aliphatic rings. The van der Waals surface area contributed by atoms with Crippen molar-refractivity contribution in [2.24, 2.45) is 5.92 Å². The van der Waals surface area contributed by atoms with E-state index in [0.29, 0.717) is 5.92 Å². The van der Waals surface area contributed by atoms with Crippen molar-refractivity contribution in [3.8, 4) is 0 Å². The predicted molar refractivity (Wildman–Crippen MR) is 100 cm³/mol. The SMILES string of the molecule is CCc1ccc(CCc2ncc([C@H]3CC[C@H](CC)CC3)cn2)cc1. The predicted octanol–water partition coefficient (Wildman–Crippen LogP) is 5.51. The molecule has 2 heteroatoms. The second kappa shape index (κ2) is 8.41. The van der Waals surface area contributed by atoms with Crippen LogP contribution in [0.25, 0.3) is 0 Å². The molecule has 0 N–H and O–H groups in total. The van der Waals surface area contributed by atoms with Gasteiger partial charge < -0.3 is 0 Å². The van der Waals surface area contributed by atoms with Crippen molar-refractivity contribution in [2.45, 2.75) is 71.1 Å². The quantitative estimate of drug-likeness (QED) is 0.701. The van der Waals surface area contributed by atoms with Crippen molar-refractivity contribution in [3.63, 3.8) is 0 Å². The van der Waals surface area contributed by atoms with Gasteiger partial charge in [-0.1, -0.05) is 44.5 Å². The van der Waals surface area contributed by atoms with Gasteiger partial charge in [0.15, 0.2) is 0 Å². The Morgan fingerprint density at radius 3 is 2.04 bits per heavy atom. The van der Waals surface area contributed by atoms with Crippen LogP contribution in [0, 0.1) is 5.92 Å². The average molecular weight is 322 g/mol. The highest BCUT2D eigenvalue weighted by atomic mass is 14.9. The van der Waals surface area contributed by atoms with Gasteiger partial charge in [0.05, 0.1) is 0 Å². The summed E-state index contributed by atoms with van der Waals surface area (Å²) >= 11 is 0. The minimum Gasteiger partial charge on any atom is -0.241 e. The summed E-state index contributed by atoms with van der Waals surface area (Å²) in [6, 6.07) is 8.93. The van der Waals surface area contributed by atoms with Gasteiger partial charge in [0, 0.05) is 18.8 Å². The first-order chi connectivity index (χ1) is 11.8. The van der Waals surface area contributed by atoms with E-state index in [0.717, 1.165) is 31.0 Å². The summed E-state index contributed by atoms with van der Waals surface area (Å²) < 4.78 is 0. The molecule has 3 rings (SSSR count). The van der Waals surface area contributed by atoms with Crippen molar-refractivity contribution < 1.29 is 0 Å². The second-order valence-corrected chi connectivity index (χ2v) is 7.23. The van der Waals surface area contributed by atoms with E-state index in [1.807, 2.05) is 0 Å². The van der Waals surface area contributed by atoms with E-state index in [2.05, 4.69) is 60.5 Å². The summed E-state index contributed by atoms with van der Waals surface area (Å²) in [7, 11) is 0. The van der Waals surface area contributed by atoms with Gasteiger partial charge in [0.2, 0.25) is 0 Å². The molecule has 24 heavy (non-hydrogen) atoms. The number of aromatic nitrogens is 2. The summed E-state index contributed by atoms with van der Waals surface area (Å²) in [6.45, 7) is 4.51. The van der Waals surface area contributed by atoms with Gasteiger partial charge in [-0.15, -0.1) is 0 Å². The Kier molecular flexibility index (Phi) is 6.01. The maximum atomic E-state index is 4.63. The van der Waals surface area contributed by atoms with Crippen LogP contribution in [0.5, 0.6) is 0 Å². The monoisotopic (exact) mass is 322 g/mol. The van der Waals surface area contributed by atoms with Gasteiger partial charge >= 0.3 is 0 Å². The molecule has 2 nitrogen and oxygen atoms in total. The van der Waals surface area contributed by atoms with Crippen molar-refractivity contribution in [3.05, 3.63) is 59.2 Å². The van der Waals surface area contributed by atoms with Crippen LogP contribution < -0.4 is 0 Å². The van der Waals surface area contributed by atoms with Crippen LogP contribution >= 0.6 is 0 Å². The fraction of sp³-hybridized carbons (Fsp3) is 0.545. The smallest absolute Gasteiger partial charge is 0.128 e. The van der Waals surface area contributed by atoms with Gasteiger partial charge in [0.1, 0.15) is 5.82 Å². The summed E-state index contributed by atoms with van der Waals surface area (Å²) in [5.41, 5.74) is 4.12. The highest BCUT2D eigenvalue weighted by molar-refractivity contribution is 5.23. The Morgan fingerprint density at radius 1 is 0.833 bits per heavy atom. The molecular formula is C22H30N2. The highest BCUT2D eigenvalue weighted by Gasteiger charge is 2.21. The van der Waals surface area contributed by atoms with Crippen molar-refractivity contribution in [2.75, 3.05) is 0 Å². The Hall–Kier alpha value is -1.70. The largest absolute Gasteiger partial charge is 0.241 e. The Labute approximate surface area is 146 Å². The number of rotatable bonds is 6. The molecule has 1 fully saturated rings. The van der Waals surface area contributed by atoms with Crippen LogP contribution in [0.15, 0.2) is 36.7 Å². The lowest BCUT2D eigenvalue weighted by Gasteiger charge is -2.27. The van der Waals surface area contributed by atoms with Crippen molar-refractivity contribution in [1.82, 2.24) is 9.97 Å². The fourth-order valence-electron chi connectivity index (χ4n) is 3.81. The van der Waals surface area contributed by atoms with E-state index < -0.39 is 0 Å². The zero-order valence-corrected chi connectivity index (χ0v) is 15.2. The fourth-order valence-corrected chi connectivity index (χ4v) is 3.81. The van der Waals surface area contributed by atoms with Crippen molar-refractivity contribution >= 4 is 0 Å². The zero-order valence-electron chi connectivity index (χ0n) is 15.2. The van der Waals surface area contributed by atoms with Gasteiger partial charge in [-0.05, 0) is 67.1 Å². The number of nitrogens with zero attached hydrogens (tertiary/aromatic N) is 2. The van der Waals surface area contributed by atoms with Gasteiger partial charge in [-0.25, -0.2) is 9.97 Å². The molecule has 0 unspecified atom stereocenters. The lowest BCUT2D eigenvalue weighted by atomic mass is 9.78. The Morgan fingerprint density at radius 2 is 1.46 bits per heavy atom. The molecule has 1 aromatic heterocycles. The van der Waals surface area contributed by atoms with Crippen LogP contribution in [0.1, 0.15) is 74.4 Å². The number of hydrogen-bond acceptors (Lipinski definition) is 2.